The van der Waals surface area contributed by atoms with Crippen molar-refractivity contribution in [3.63, 3.8) is 0 Å². The lowest BCUT2D eigenvalue weighted by Gasteiger charge is -2.18. The third-order valence-corrected chi connectivity index (χ3v) is 3.16. The Morgan fingerprint density at radius 2 is 2.00 bits per heavy atom. The van der Waals surface area contributed by atoms with Gasteiger partial charge in [0.2, 0.25) is 0 Å². The number of hydrogen-bond donors (Lipinski definition) is 2. The Kier molecular flexibility index (Phi) is 6.22. The topological polar surface area (TPSA) is 32.3 Å². The van der Waals surface area contributed by atoms with Gasteiger partial charge in [-0.2, -0.15) is 0 Å². The Hall–Kier alpha value is -1.00. The van der Waals surface area contributed by atoms with Gasteiger partial charge >= 0.3 is 0 Å². The summed E-state index contributed by atoms with van der Waals surface area (Å²) in [7, 11) is 0. The number of nitrogens with one attached hydrogen (secondary N) is 1. The molecule has 0 amide bonds. The summed E-state index contributed by atoms with van der Waals surface area (Å²) in [4.78, 5) is 0. The summed E-state index contributed by atoms with van der Waals surface area (Å²) in [6.07, 6.45) is 0.444. The van der Waals surface area contributed by atoms with Gasteiger partial charge < -0.3 is 10.4 Å². The minimum Gasteiger partial charge on any atom is -0.396 e. The van der Waals surface area contributed by atoms with Crippen LogP contribution in [0, 0.1) is 23.5 Å². The molecule has 1 aromatic carbocycles. The van der Waals surface area contributed by atoms with Gasteiger partial charge in [0.1, 0.15) is 11.6 Å². The third kappa shape index (κ3) is 4.70. The van der Waals surface area contributed by atoms with E-state index in [9.17, 15) is 8.78 Å². The van der Waals surface area contributed by atoms with Crippen LogP contribution in [0.15, 0.2) is 18.2 Å². The second-order valence-electron chi connectivity index (χ2n) is 4.88. The molecule has 2 nitrogen and oxygen atoms in total. The molecule has 1 unspecified atom stereocenters. The van der Waals surface area contributed by atoms with Crippen molar-refractivity contribution in [3.05, 3.63) is 35.4 Å². The minimum absolute atomic E-state index is 0.138. The molecule has 0 bridgehead atoms. The summed E-state index contributed by atoms with van der Waals surface area (Å²) < 4.78 is 26.2. The van der Waals surface area contributed by atoms with Crippen molar-refractivity contribution >= 4 is 0 Å². The predicted octanol–water partition coefficient (Wildman–Crippen LogP) is 2.36. The Morgan fingerprint density at radius 3 is 2.61 bits per heavy atom. The first kappa shape index (κ1) is 15.1. The monoisotopic (exact) mass is 257 g/mol. The van der Waals surface area contributed by atoms with Crippen LogP contribution in [0.4, 0.5) is 8.78 Å². The van der Waals surface area contributed by atoms with Crippen molar-refractivity contribution in [3.8, 4) is 0 Å². The lowest BCUT2D eigenvalue weighted by Crippen LogP contribution is -2.30. The molecule has 0 spiro atoms. The highest BCUT2D eigenvalue weighted by atomic mass is 19.1. The van der Waals surface area contributed by atoms with Gasteiger partial charge in [0.05, 0.1) is 0 Å². The molecular formula is C14H21F2NO. The number of halogens is 2. The van der Waals surface area contributed by atoms with Crippen LogP contribution in [0.2, 0.25) is 0 Å². The average molecular weight is 257 g/mol. The Bertz CT molecular complexity index is 369. The molecule has 0 aliphatic heterocycles. The second kappa shape index (κ2) is 7.44. The molecule has 18 heavy (non-hydrogen) atoms. The van der Waals surface area contributed by atoms with Gasteiger partial charge in [-0.3, -0.25) is 0 Å². The first-order valence-electron chi connectivity index (χ1n) is 6.30. The fourth-order valence-electron chi connectivity index (χ4n) is 1.76. The zero-order chi connectivity index (χ0) is 13.5. The number of aliphatic hydroxyl groups excluding tert-OH is 1. The van der Waals surface area contributed by atoms with Crippen LogP contribution in [-0.2, 0) is 6.42 Å². The number of hydrogen-bond acceptors (Lipinski definition) is 2. The van der Waals surface area contributed by atoms with Crippen molar-refractivity contribution in [2.24, 2.45) is 11.8 Å². The number of benzene rings is 1. The van der Waals surface area contributed by atoms with Gasteiger partial charge in [-0.1, -0.05) is 13.8 Å². The van der Waals surface area contributed by atoms with Gasteiger partial charge in [0.15, 0.2) is 0 Å². The van der Waals surface area contributed by atoms with Gasteiger partial charge in [-0.05, 0) is 48.6 Å². The molecule has 1 atom stereocenters. The highest BCUT2D eigenvalue weighted by Gasteiger charge is 2.11. The molecule has 1 aromatic rings. The SMILES string of the molecule is CC(C)C(CO)CNCCc1cc(F)ccc1F. The van der Waals surface area contributed by atoms with E-state index in [1.165, 1.54) is 6.07 Å². The largest absolute Gasteiger partial charge is 0.396 e. The molecule has 0 saturated heterocycles. The molecule has 2 N–H and O–H groups in total. The van der Waals surface area contributed by atoms with Crippen molar-refractivity contribution in [1.29, 1.82) is 0 Å². The molecule has 1 rings (SSSR count). The van der Waals surface area contributed by atoms with Crippen LogP contribution in [-0.4, -0.2) is 24.8 Å². The molecule has 0 heterocycles. The van der Waals surface area contributed by atoms with Crippen LogP contribution in [0.5, 0.6) is 0 Å². The molecule has 0 saturated carbocycles. The molecule has 0 radical (unpaired) electrons. The van der Waals surface area contributed by atoms with E-state index in [1.807, 2.05) is 0 Å². The Morgan fingerprint density at radius 1 is 1.28 bits per heavy atom. The summed E-state index contributed by atoms with van der Waals surface area (Å²) in [5, 5.41) is 12.3. The summed E-state index contributed by atoms with van der Waals surface area (Å²) in [5.41, 5.74) is 0.382. The predicted molar refractivity (Wildman–Crippen MR) is 68.3 cm³/mol. The lowest BCUT2D eigenvalue weighted by atomic mass is 9.97. The summed E-state index contributed by atoms with van der Waals surface area (Å²) in [6.45, 7) is 5.50. The lowest BCUT2D eigenvalue weighted by molar-refractivity contribution is 0.186. The smallest absolute Gasteiger partial charge is 0.126 e. The van der Waals surface area contributed by atoms with E-state index in [4.69, 9.17) is 5.11 Å². The van der Waals surface area contributed by atoms with Crippen molar-refractivity contribution < 1.29 is 13.9 Å². The van der Waals surface area contributed by atoms with Gasteiger partial charge in [0, 0.05) is 13.2 Å². The highest BCUT2D eigenvalue weighted by Crippen LogP contribution is 2.11. The zero-order valence-corrected chi connectivity index (χ0v) is 10.9. The molecular weight excluding hydrogens is 236 g/mol. The minimum atomic E-state index is -0.415. The average Bonchev–Trinajstić information content (AvgIpc) is 2.33. The molecule has 4 heteroatoms. The highest BCUT2D eigenvalue weighted by molar-refractivity contribution is 5.18. The van der Waals surface area contributed by atoms with Gasteiger partial charge in [0.25, 0.3) is 0 Å². The molecule has 0 aromatic heterocycles. The second-order valence-corrected chi connectivity index (χ2v) is 4.88. The fraction of sp³-hybridized carbons (Fsp3) is 0.571. The Labute approximate surface area is 107 Å². The van der Waals surface area contributed by atoms with Crippen LogP contribution in [0.3, 0.4) is 0 Å². The van der Waals surface area contributed by atoms with Gasteiger partial charge in [-0.25, -0.2) is 8.78 Å². The van der Waals surface area contributed by atoms with E-state index < -0.39 is 5.82 Å². The number of rotatable bonds is 7. The molecule has 102 valence electrons. The Balaban J connectivity index is 2.35. The molecule has 0 fully saturated rings. The van der Waals surface area contributed by atoms with E-state index in [2.05, 4.69) is 19.2 Å². The summed E-state index contributed by atoms with van der Waals surface area (Å²) in [5.74, 6) is -0.196. The van der Waals surface area contributed by atoms with E-state index >= 15 is 0 Å². The first-order chi connectivity index (χ1) is 8.54. The van der Waals surface area contributed by atoms with Crippen LogP contribution >= 0.6 is 0 Å². The number of aliphatic hydroxyl groups is 1. The maximum absolute atomic E-state index is 13.3. The maximum atomic E-state index is 13.3. The fourth-order valence-corrected chi connectivity index (χ4v) is 1.76. The third-order valence-electron chi connectivity index (χ3n) is 3.16. The summed E-state index contributed by atoms with van der Waals surface area (Å²) >= 11 is 0. The molecule has 0 aliphatic carbocycles. The zero-order valence-electron chi connectivity index (χ0n) is 10.9. The van der Waals surface area contributed by atoms with Crippen LogP contribution in [0.25, 0.3) is 0 Å². The van der Waals surface area contributed by atoms with Crippen LogP contribution < -0.4 is 5.32 Å². The van der Waals surface area contributed by atoms with Crippen molar-refractivity contribution in [1.82, 2.24) is 5.32 Å². The van der Waals surface area contributed by atoms with Crippen molar-refractivity contribution in [2.75, 3.05) is 19.7 Å². The quantitative estimate of drug-likeness (QED) is 0.735. The molecule has 0 aliphatic rings. The maximum Gasteiger partial charge on any atom is 0.126 e. The van der Waals surface area contributed by atoms with E-state index in [0.717, 1.165) is 12.1 Å². The van der Waals surface area contributed by atoms with Gasteiger partial charge in [-0.15, -0.1) is 0 Å². The summed E-state index contributed by atoms with van der Waals surface area (Å²) in [6, 6.07) is 3.49. The normalized spacial score (nSPS) is 13.0. The van der Waals surface area contributed by atoms with E-state index in [0.29, 0.717) is 31.0 Å². The van der Waals surface area contributed by atoms with E-state index in [1.54, 1.807) is 0 Å². The van der Waals surface area contributed by atoms with Crippen LogP contribution in [0.1, 0.15) is 19.4 Å². The standard InChI is InChI=1S/C14H21F2NO/c1-10(2)12(9-18)8-17-6-5-11-7-13(15)3-4-14(11)16/h3-4,7,10,12,17-18H,5-6,8-9H2,1-2H3. The van der Waals surface area contributed by atoms with E-state index in [-0.39, 0.29) is 18.3 Å². The first-order valence-corrected chi connectivity index (χ1v) is 6.30. The van der Waals surface area contributed by atoms with Crippen molar-refractivity contribution in [2.45, 2.75) is 20.3 Å².